The molecule has 0 heterocycles. The average Bonchev–Trinajstić information content (AvgIpc) is 2.35. The SMILES string of the molecule is CCc1ccc(Cl)c(SCCCCCC(=O)O)c1. The van der Waals surface area contributed by atoms with Crippen molar-refractivity contribution in [2.24, 2.45) is 0 Å². The Hall–Kier alpha value is -0.670. The van der Waals surface area contributed by atoms with Crippen molar-refractivity contribution >= 4 is 29.3 Å². The van der Waals surface area contributed by atoms with Crippen LogP contribution in [0.2, 0.25) is 5.02 Å². The molecule has 0 aliphatic heterocycles. The van der Waals surface area contributed by atoms with Gasteiger partial charge in [0.05, 0.1) is 5.02 Å². The van der Waals surface area contributed by atoms with Crippen molar-refractivity contribution in [2.45, 2.75) is 43.9 Å². The highest BCUT2D eigenvalue weighted by atomic mass is 35.5. The van der Waals surface area contributed by atoms with Crippen LogP contribution >= 0.6 is 23.4 Å². The number of carbonyl (C=O) groups is 1. The highest BCUT2D eigenvalue weighted by Crippen LogP contribution is 2.29. The molecular weight excluding hydrogens is 268 g/mol. The molecule has 0 unspecified atom stereocenters. The molecule has 0 spiro atoms. The third-order valence-corrected chi connectivity index (χ3v) is 4.28. The molecule has 0 aliphatic rings. The Bertz CT molecular complexity index is 393. The van der Waals surface area contributed by atoms with Gasteiger partial charge in [-0.25, -0.2) is 0 Å². The lowest BCUT2D eigenvalue weighted by molar-refractivity contribution is -0.137. The van der Waals surface area contributed by atoms with Gasteiger partial charge in [0.2, 0.25) is 0 Å². The number of aryl methyl sites for hydroxylation is 1. The fourth-order valence-corrected chi connectivity index (χ4v) is 2.91. The summed E-state index contributed by atoms with van der Waals surface area (Å²) in [5, 5.41) is 9.33. The highest BCUT2D eigenvalue weighted by Gasteiger charge is 2.02. The summed E-state index contributed by atoms with van der Waals surface area (Å²) >= 11 is 7.89. The maximum absolute atomic E-state index is 10.3. The number of hydrogen-bond acceptors (Lipinski definition) is 2. The standard InChI is InChI=1S/C14H19ClO2S/c1-2-11-7-8-12(15)13(10-11)18-9-5-3-4-6-14(16)17/h7-8,10H,2-6,9H2,1H3,(H,16,17). The monoisotopic (exact) mass is 286 g/mol. The summed E-state index contributed by atoms with van der Waals surface area (Å²) in [6.45, 7) is 2.13. The number of rotatable bonds is 8. The van der Waals surface area contributed by atoms with Crippen LogP contribution in [0.25, 0.3) is 0 Å². The van der Waals surface area contributed by atoms with Crippen LogP contribution in [0.3, 0.4) is 0 Å². The maximum Gasteiger partial charge on any atom is 0.303 e. The van der Waals surface area contributed by atoms with Gasteiger partial charge in [0, 0.05) is 11.3 Å². The van der Waals surface area contributed by atoms with E-state index >= 15 is 0 Å². The molecule has 4 heteroatoms. The van der Waals surface area contributed by atoms with E-state index in [4.69, 9.17) is 16.7 Å². The fourth-order valence-electron chi connectivity index (χ4n) is 1.62. The molecule has 1 aromatic carbocycles. The minimum Gasteiger partial charge on any atom is -0.481 e. The lowest BCUT2D eigenvalue weighted by Gasteiger charge is -2.06. The van der Waals surface area contributed by atoms with E-state index in [2.05, 4.69) is 19.1 Å². The van der Waals surface area contributed by atoms with Crippen LogP contribution in [0.4, 0.5) is 0 Å². The quantitative estimate of drug-likeness (QED) is 0.559. The Morgan fingerprint density at radius 2 is 2.11 bits per heavy atom. The van der Waals surface area contributed by atoms with Crippen molar-refractivity contribution in [3.05, 3.63) is 28.8 Å². The summed E-state index contributed by atoms with van der Waals surface area (Å²) in [5.74, 6) is 0.285. The van der Waals surface area contributed by atoms with Crippen LogP contribution in [0.5, 0.6) is 0 Å². The molecule has 0 saturated carbocycles. The van der Waals surface area contributed by atoms with Gasteiger partial charge in [-0.1, -0.05) is 31.0 Å². The van der Waals surface area contributed by atoms with E-state index in [1.165, 1.54) is 5.56 Å². The molecule has 0 radical (unpaired) electrons. The number of benzene rings is 1. The average molecular weight is 287 g/mol. The third kappa shape index (κ3) is 5.78. The van der Waals surface area contributed by atoms with Crippen molar-refractivity contribution in [3.63, 3.8) is 0 Å². The summed E-state index contributed by atoms with van der Waals surface area (Å²) in [4.78, 5) is 11.5. The molecule has 1 N–H and O–H groups in total. The summed E-state index contributed by atoms with van der Waals surface area (Å²) in [5.41, 5.74) is 1.30. The second-order valence-corrected chi connectivity index (χ2v) is 5.72. The maximum atomic E-state index is 10.3. The van der Waals surface area contributed by atoms with Gasteiger partial charge in [-0.15, -0.1) is 11.8 Å². The van der Waals surface area contributed by atoms with E-state index in [0.717, 1.165) is 41.4 Å². The first-order chi connectivity index (χ1) is 8.63. The molecule has 2 nitrogen and oxygen atoms in total. The van der Waals surface area contributed by atoms with Crippen molar-refractivity contribution in [1.82, 2.24) is 0 Å². The van der Waals surface area contributed by atoms with Crippen LogP contribution in [-0.4, -0.2) is 16.8 Å². The molecule has 0 aliphatic carbocycles. The van der Waals surface area contributed by atoms with Gasteiger partial charge in [-0.3, -0.25) is 4.79 Å². The molecular formula is C14H19ClO2S. The molecule has 100 valence electrons. The first-order valence-electron chi connectivity index (χ1n) is 6.26. The molecule has 1 rings (SSSR count). The molecule has 0 bridgehead atoms. The van der Waals surface area contributed by atoms with E-state index in [0.29, 0.717) is 0 Å². The van der Waals surface area contributed by atoms with Crippen molar-refractivity contribution in [2.75, 3.05) is 5.75 Å². The zero-order chi connectivity index (χ0) is 13.4. The molecule has 0 aromatic heterocycles. The number of carboxylic acid groups (broad SMARTS) is 1. The van der Waals surface area contributed by atoms with Gasteiger partial charge < -0.3 is 5.11 Å². The van der Waals surface area contributed by atoms with E-state index in [-0.39, 0.29) is 6.42 Å². The number of aliphatic carboxylic acids is 1. The Balaban J connectivity index is 2.28. The Morgan fingerprint density at radius 3 is 2.78 bits per heavy atom. The smallest absolute Gasteiger partial charge is 0.303 e. The van der Waals surface area contributed by atoms with Crippen LogP contribution in [0.15, 0.2) is 23.1 Å². The molecule has 0 saturated heterocycles. The van der Waals surface area contributed by atoms with E-state index in [9.17, 15) is 4.79 Å². The zero-order valence-corrected chi connectivity index (χ0v) is 12.2. The van der Waals surface area contributed by atoms with Gasteiger partial charge in [0.25, 0.3) is 0 Å². The largest absolute Gasteiger partial charge is 0.481 e. The van der Waals surface area contributed by atoms with Crippen LogP contribution in [0, 0.1) is 0 Å². The Labute approximate surface area is 118 Å². The third-order valence-electron chi connectivity index (χ3n) is 2.70. The minimum absolute atomic E-state index is 0.275. The molecule has 0 fully saturated rings. The number of hydrogen-bond donors (Lipinski definition) is 1. The highest BCUT2D eigenvalue weighted by molar-refractivity contribution is 7.99. The fraction of sp³-hybridized carbons (Fsp3) is 0.500. The van der Waals surface area contributed by atoms with E-state index in [1.54, 1.807) is 11.8 Å². The van der Waals surface area contributed by atoms with Gasteiger partial charge in [-0.05, 0) is 42.7 Å². The first-order valence-corrected chi connectivity index (χ1v) is 7.63. The molecule has 18 heavy (non-hydrogen) atoms. The van der Waals surface area contributed by atoms with Crippen molar-refractivity contribution in [1.29, 1.82) is 0 Å². The second-order valence-electron chi connectivity index (χ2n) is 4.17. The van der Waals surface area contributed by atoms with Crippen LogP contribution in [-0.2, 0) is 11.2 Å². The van der Waals surface area contributed by atoms with Gasteiger partial charge in [-0.2, -0.15) is 0 Å². The van der Waals surface area contributed by atoms with E-state index in [1.807, 2.05) is 6.07 Å². The number of unbranched alkanes of at least 4 members (excludes halogenated alkanes) is 2. The van der Waals surface area contributed by atoms with Crippen LogP contribution < -0.4 is 0 Å². The summed E-state index contributed by atoms with van der Waals surface area (Å²) in [7, 11) is 0. The van der Waals surface area contributed by atoms with Crippen molar-refractivity contribution in [3.8, 4) is 0 Å². The summed E-state index contributed by atoms with van der Waals surface area (Å²) in [6, 6.07) is 6.15. The number of halogens is 1. The van der Waals surface area contributed by atoms with Gasteiger partial charge in [0.15, 0.2) is 0 Å². The summed E-state index contributed by atoms with van der Waals surface area (Å²) in [6.07, 6.45) is 4.05. The van der Waals surface area contributed by atoms with Gasteiger partial charge in [0.1, 0.15) is 0 Å². The minimum atomic E-state index is -0.707. The summed E-state index contributed by atoms with van der Waals surface area (Å²) < 4.78 is 0. The predicted octanol–water partition coefficient (Wildman–Crippen LogP) is 4.64. The number of carboxylic acids is 1. The first kappa shape index (κ1) is 15.4. The lowest BCUT2D eigenvalue weighted by Crippen LogP contribution is -1.94. The van der Waals surface area contributed by atoms with Crippen LogP contribution in [0.1, 0.15) is 38.2 Å². The zero-order valence-electron chi connectivity index (χ0n) is 10.6. The van der Waals surface area contributed by atoms with E-state index < -0.39 is 5.97 Å². The second kappa shape index (κ2) is 8.44. The molecule has 0 amide bonds. The Kier molecular flexibility index (Phi) is 7.21. The predicted molar refractivity (Wildman–Crippen MR) is 77.7 cm³/mol. The number of thioether (sulfide) groups is 1. The lowest BCUT2D eigenvalue weighted by atomic mass is 10.2. The normalized spacial score (nSPS) is 10.6. The van der Waals surface area contributed by atoms with Gasteiger partial charge >= 0.3 is 5.97 Å². The molecule has 1 aromatic rings. The topological polar surface area (TPSA) is 37.3 Å². The van der Waals surface area contributed by atoms with Crippen molar-refractivity contribution < 1.29 is 9.90 Å². The Morgan fingerprint density at radius 1 is 1.33 bits per heavy atom. The molecule has 0 atom stereocenters.